The number of anilines is 1. The minimum Gasteiger partial charge on any atom is -0.394 e. The Bertz CT molecular complexity index is 1250. The van der Waals surface area contributed by atoms with Crippen LogP contribution in [0.25, 0.3) is 11.3 Å². The lowest BCUT2D eigenvalue weighted by molar-refractivity contribution is -0.122. The maximum Gasteiger partial charge on any atom is 0.254 e. The number of rotatable bonds is 8. The summed E-state index contributed by atoms with van der Waals surface area (Å²) < 4.78 is 5.40. The Morgan fingerprint density at radius 3 is 2.89 bits per heavy atom. The molecule has 1 unspecified atom stereocenters. The number of nitrogens with zero attached hydrogens (tertiary/aromatic N) is 4. The third-order valence-electron chi connectivity index (χ3n) is 6.22. The van der Waals surface area contributed by atoms with Gasteiger partial charge >= 0.3 is 0 Å². The number of aliphatic hydroxyl groups excluding tert-OH is 1. The number of halogens is 1. The van der Waals surface area contributed by atoms with Crippen molar-refractivity contribution in [2.24, 2.45) is 0 Å². The lowest BCUT2D eigenvalue weighted by atomic mass is 10.0. The van der Waals surface area contributed by atoms with Gasteiger partial charge in [0, 0.05) is 42.3 Å². The van der Waals surface area contributed by atoms with E-state index in [4.69, 9.17) is 16.3 Å². The van der Waals surface area contributed by atoms with E-state index < -0.39 is 6.04 Å². The highest BCUT2D eigenvalue weighted by atomic mass is 35.5. The number of carbonyl (C=O) groups is 2. The van der Waals surface area contributed by atoms with E-state index in [0.717, 1.165) is 18.4 Å². The Kier molecular flexibility index (Phi) is 7.42. The molecule has 188 valence electrons. The van der Waals surface area contributed by atoms with Crippen molar-refractivity contribution in [3.05, 3.63) is 57.1 Å². The molecule has 0 saturated carbocycles. The number of hydrogen-bond acceptors (Lipinski definition) is 9. The van der Waals surface area contributed by atoms with Crippen LogP contribution in [0.15, 0.2) is 35.3 Å². The molecule has 4 heterocycles. The van der Waals surface area contributed by atoms with Gasteiger partial charge in [0.25, 0.3) is 5.91 Å². The van der Waals surface area contributed by atoms with Crippen molar-refractivity contribution in [3.63, 3.8) is 0 Å². The van der Waals surface area contributed by atoms with Gasteiger partial charge in [0.15, 0.2) is 0 Å². The molecule has 2 aliphatic rings. The van der Waals surface area contributed by atoms with Gasteiger partial charge in [-0.3, -0.25) is 9.59 Å². The summed E-state index contributed by atoms with van der Waals surface area (Å²) in [6.45, 7) is 1.31. The van der Waals surface area contributed by atoms with Crippen LogP contribution in [-0.2, 0) is 16.1 Å². The third-order valence-corrected chi connectivity index (χ3v) is 7.10. The molecule has 12 heteroatoms. The highest BCUT2D eigenvalue weighted by Crippen LogP contribution is 2.31. The molecule has 0 spiro atoms. The van der Waals surface area contributed by atoms with E-state index in [9.17, 15) is 14.7 Å². The first-order chi connectivity index (χ1) is 17.5. The van der Waals surface area contributed by atoms with E-state index in [0.29, 0.717) is 53.2 Å². The molecule has 2 aromatic heterocycles. The molecule has 5 rings (SSSR count). The monoisotopic (exact) mass is 528 g/mol. The normalized spacial score (nSPS) is 16.6. The fourth-order valence-corrected chi connectivity index (χ4v) is 5.13. The van der Waals surface area contributed by atoms with Gasteiger partial charge in [-0.25, -0.2) is 15.0 Å². The van der Waals surface area contributed by atoms with Gasteiger partial charge in [-0.15, -0.1) is 11.3 Å². The van der Waals surface area contributed by atoms with Crippen molar-refractivity contribution in [1.82, 2.24) is 25.2 Å². The number of nitrogens with one attached hydrogen (secondary N) is 2. The second-order valence-electron chi connectivity index (χ2n) is 8.67. The summed E-state index contributed by atoms with van der Waals surface area (Å²) in [7, 11) is 0. The van der Waals surface area contributed by atoms with Crippen LogP contribution < -0.4 is 10.6 Å². The predicted octanol–water partition coefficient (Wildman–Crippen LogP) is 2.65. The Balaban J connectivity index is 1.28. The van der Waals surface area contributed by atoms with Crippen LogP contribution in [-0.4, -0.2) is 69.2 Å². The van der Waals surface area contributed by atoms with Crippen molar-refractivity contribution >= 4 is 40.7 Å². The van der Waals surface area contributed by atoms with Gasteiger partial charge in [0.05, 0.1) is 40.8 Å². The van der Waals surface area contributed by atoms with Crippen LogP contribution in [0.4, 0.5) is 5.95 Å². The number of amides is 2. The first-order valence-electron chi connectivity index (χ1n) is 11.6. The summed E-state index contributed by atoms with van der Waals surface area (Å²) in [4.78, 5) is 40.2. The van der Waals surface area contributed by atoms with Crippen molar-refractivity contribution in [3.8, 4) is 11.3 Å². The second-order valence-corrected chi connectivity index (χ2v) is 9.80. The molecule has 0 aliphatic carbocycles. The number of benzene rings is 1. The maximum atomic E-state index is 13.1. The standard InChI is InChI=1S/C24H25ClN6O4S/c25-18-8-26-24(28-16-3-5-35-6-4-16)30-22(18)14-1-2-15-9-31(23(34)17(15)7-14)10-21(33)29-19(11-32)20-12-36-13-27-20/h1-2,7-8,12-13,16,19,32H,3-6,9-11H2,(H,29,33)(H,26,28,30). The summed E-state index contributed by atoms with van der Waals surface area (Å²) >= 11 is 7.80. The number of hydrogen-bond donors (Lipinski definition) is 3. The van der Waals surface area contributed by atoms with Crippen LogP contribution in [0.1, 0.15) is 40.5 Å². The average Bonchev–Trinajstić information content (AvgIpc) is 3.53. The maximum absolute atomic E-state index is 13.1. The molecule has 10 nitrogen and oxygen atoms in total. The van der Waals surface area contributed by atoms with E-state index in [-0.39, 0.29) is 31.0 Å². The highest BCUT2D eigenvalue weighted by molar-refractivity contribution is 7.07. The number of aliphatic hydroxyl groups is 1. The summed E-state index contributed by atoms with van der Waals surface area (Å²) in [6, 6.07) is 5.10. The van der Waals surface area contributed by atoms with Gasteiger partial charge in [-0.2, -0.15) is 0 Å². The van der Waals surface area contributed by atoms with E-state index in [2.05, 4.69) is 25.6 Å². The van der Waals surface area contributed by atoms with Crippen LogP contribution >= 0.6 is 22.9 Å². The van der Waals surface area contributed by atoms with Crippen molar-refractivity contribution in [2.75, 3.05) is 31.7 Å². The summed E-state index contributed by atoms with van der Waals surface area (Å²) in [5.41, 5.74) is 4.77. The van der Waals surface area contributed by atoms with Gasteiger partial charge < -0.3 is 25.4 Å². The molecule has 3 N–H and O–H groups in total. The second kappa shape index (κ2) is 10.9. The third kappa shape index (κ3) is 5.34. The van der Waals surface area contributed by atoms with Crippen molar-refractivity contribution in [1.29, 1.82) is 0 Å². The zero-order valence-corrected chi connectivity index (χ0v) is 20.9. The van der Waals surface area contributed by atoms with Gasteiger partial charge in [0.2, 0.25) is 11.9 Å². The minimum atomic E-state index is -0.612. The Morgan fingerprint density at radius 2 is 2.14 bits per heavy atom. The largest absolute Gasteiger partial charge is 0.394 e. The lowest BCUT2D eigenvalue weighted by Gasteiger charge is -2.23. The topological polar surface area (TPSA) is 130 Å². The molecule has 0 bridgehead atoms. The summed E-state index contributed by atoms with van der Waals surface area (Å²) in [5.74, 6) is -0.141. The van der Waals surface area contributed by atoms with Gasteiger partial charge in [0.1, 0.15) is 6.54 Å². The van der Waals surface area contributed by atoms with Crippen molar-refractivity contribution in [2.45, 2.75) is 31.5 Å². The van der Waals surface area contributed by atoms with E-state index >= 15 is 0 Å². The molecular formula is C24H25ClN6O4S. The van der Waals surface area contributed by atoms with Crippen LogP contribution in [0.5, 0.6) is 0 Å². The zero-order valence-electron chi connectivity index (χ0n) is 19.3. The predicted molar refractivity (Wildman–Crippen MR) is 135 cm³/mol. The minimum absolute atomic E-state index is 0.128. The quantitative estimate of drug-likeness (QED) is 0.407. The molecule has 1 fully saturated rings. The highest BCUT2D eigenvalue weighted by Gasteiger charge is 2.30. The molecule has 2 aliphatic heterocycles. The van der Waals surface area contributed by atoms with Crippen molar-refractivity contribution < 1.29 is 19.4 Å². The molecular weight excluding hydrogens is 504 g/mol. The Labute approximate surface area is 216 Å². The zero-order chi connectivity index (χ0) is 25.1. The number of thiazole rings is 1. The SMILES string of the molecule is O=C(CN1Cc2ccc(-c3nc(NC4CCOCC4)ncc3Cl)cc2C1=O)NC(CO)c1cscn1. The fourth-order valence-electron chi connectivity index (χ4n) is 4.32. The molecule has 1 saturated heterocycles. The van der Waals surface area contributed by atoms with E-state index in [1.807, 2.05) is 12.1 Å². The molecule has 2 amide bonds. The smallest absolute Gasteiger partial charge is 0.254 e. The molecule has 1 atom stereocenters. The van der Waals surface area contributed by atoms with Crippen LogP contribution in [0.3, 0.4) is 0 Å². The van der Waals surface area contributed by atoms with Gasteiger partial charge in [-0.05, 0) is 24.5 Å². The Hall–Kier alpha value is -3.12. The fraction of sp³-hybridized carbons (Fsp3) is 0.375. The van der Waals surface area contributed by atoms with E-state index in [1.54, 1.807) is 23.2 Å². The molecule has 1 aromatic carbocycles. The number of aromatic nitrogens is 3. The van der Waals surface area contributed by atoms with Crippen LogP contribution in [0, 0.1) is 0 Å². The number of ether oxygens (including phenoxy) is 1. The summed E-state index contributed by atoms with van der Waals surface area (Å²) in [5, 5.41) is 17.8. The number of fused-ring (bicyclic) bond motifs is 1. The van der Waals surface area contributed by atoms with E-state index in [1.165, 1.54) is 16.2 Å². The average molecular weight is 529 g/mol. The molecule has 3 aromatic rings. The molecule has 0 radical (unpaired) electrons. The first kappa shape index (κ1) is 24.6. The van der Waals surface area contributed by atoms with Crippen LogP contribution in [0.2, 0.25) is 5.02 Å². The first-order valence-corrected chi connectivity index (χ1v) is 12.9. The number of carbonyl (C=O) groups excluding carboxylic acids is 2. The lowest BCUT2D eigenvalue weighted by Crippen LogP contribution is -2.40. The summed E-state index contributed by atoms with van der Waals surface area (Å²) in [6.07, 6.45) is 3.30. The Morgan fingerprint density at radius 1 is 1.31 bits per heavy atom. The van der Waals surface area contributed by atoms with Gasteiger partial charge in [-0.1, -0.05) is 23.7 Å². The molecule has 36 heavy (non-hydrogen) atoms.